The lowest BCUT2D eigenvalue weighted by Crippen LogP contribution is -2.18. The summed E-state index contributed by atoms with van der Waals surface area (Å²) in [7, 11) is -2.27. The van der Waals surface area contributed by atoms with E-state index in [4.69, 9.17) is 4.74 Å². The summed E-state index contributed by atoms with van der Waals surface area (Å²) in [6, 6.07) is 18.6. The van der Waals surface area contributed by atoms with E-state index in [-0.39, 0.29) is 16.2 Å². The first-order valence-corrected chi connectivity index (χ1v) is 13.7. The minimum Gasteiger partial charge on any atom is -0.487 e. The monoisotopic (exact) mass is 602 g/mol. The molecule has 8 heteroatoms. The Morgan fingerprint density at radius 1 is 1.06 bits per heavy atom. The van der Waals surface area contributed by atoms with Gasteiger partial charge < -0.3 is 10.1 Å². The van der Waals surface area contributed by atoms with Crippen LogP contribution in [0.5, 0.6) is 5.75 Å². The van der Waals surface area contributed by atoms with Crippen LogP contribution in [0.2, 0.25) is 0 Å². The molecule has 1 aliphatic heterocycles. The van der Waals surface area contributed by atoms with E-state index >= 15 is 0 Å². The Hall–Kier alpha value is -2.69. The van der Waals surface area contributed by atoms with Crippen molar-refractivity contribution in [3.63, 3.8) is 0 Å². The van der Waals surface area contributed by atoms with Crippen molar-refractivity contribution >= 4 is 55.9 Å². The molecule has 0 bridgehead atoms. The Bertz CT molecular complexity index is 1430. The normalized spacial score (nSPS) is 14.7. The highest BCUT2D eigenvalue weighted by Crippen LogP contribution is 2.39. The van der Waals surface area contributed by atoms with Crippen LogP contribution in [0.15, 0.2) is 65.6 Å². The molecule has 0 radical (unpaired) electrons. The predicted octanol–water partition coefficient (Wildman–Crippen LogP) is 5.57. The Morgan fingerprint density at radius 2 is 1.77 bits per heavy atom. The van der Waals surface area contributed by atoms with Crippen molar-refractivity contribution in [2.24, 2.45) is 0 Å². The molecule has 0 spiro atoms. The topological polar surface area (TPSA) is 84.5 Å². The van der Waals surface area contributed by atoms with E-state index < -0.39 is 10.0 Å². The number of rotatable bonds is 6. The molecule has 0 saturated carbocycles. The van der Waals surface area contributed by atoms with Gasteiger partial charge in [0.1, 0.15) is 12.4 Å². The van der Waals surface area contributed by atoms with Crippen molar-refractivity contribution < 1.29 is 17.9 Å². The maximum Gasteiger partial charge on any atom is 0.256 e. The maximum absolute atomic E-state index is 12.8. The standard InChI is InChI=1S/C27H27IN2O4S/c1-27(2,3)22-13-18(14-23(28)25(22)34-16-17-8-6-5-7-9-17)12-21-20-15-19(35(32,33)29-4)10-11-24(20)30-26(21)31/h5-15,29H,16H2,1-4H3,(H,30,31). The minimum absolute atomic E-state index is 0.107. The number of carbonyl (C=O) groups is 1. The second-order valence-corrected chi connectivity index (χ2v) is 12.4. The molecule has 0 aliphatic carbocycles. The summed E-state index contributed by atoms with van der Waals surface area (Å²) in [6.07, 6.45) is 1.80. The number of fused-ring (bicyclic) bond motifs is 1. The van der Waals surface area contributed by atoms with Gasteiger partial charge in [0.05, 0.1) is 8.47 Å². The lowest BCUT2D eigenvalue weighted by atomic mass is 9.85. The molecule has 0 unspecified atom stereocenters. The molecule has 0 aromatic heterocycles. The summed E-state index contributed by atoms with van der Waals surface area (Å²) in [4.78, 5) is 12.9. The number of halogens is 1. The number of benzene rings is 3. The van der Waals surface area contributed by atoms with E-state index in [2.05, 4.69) is 53.4 Å². The van der Waals surface area contributed by atoms with Crippen LogP contribution in [0.1, 0.15) is 43.0 Å². The van der Waals surface area contributed by atoms with Crippen molar-refractivity contribution in [1.29, 1.82) is 0 Å². The van der Waals surface area contributed by atoms with Crippen LogP contribution < -0.4 is 14.8 Å². The molecule has 3 aromatic carbocycles. The third-order valence-electron chi connectivity index (χ3n) is 5.76. The zero-order chi connectivity index (χ0) is 25.4. The molecule has 6 nitrogen and oxygen atoms in total. The number of hydrogen-bond acceptors (Lipinski definition) is 4. The first kappa shape index (κ1) is 25.4. The molecule has 1 aliphatic rings. The third-order valence-corrected chi connectivity index (χ3v) is 7.98. The van der Waals surface area contributed by atoms with Crippen molar-refractivity contribution in [1.82, 2.24) is 4.72 Å². The van der Waals surface area contributed by atoms with Gasteiger partial charge in [0.25, 0.3) is 5.91 Å². The zero-order valence-electron chi connectivity index (χ0n) is 20.0. The number of ether oxygens (including phenoxy) is 1. The molecular weight excluding hydrogens is 575 g/mol. The Labute approximate surface area is 220 Å². The highest BCUT2D eigenvalue weighted by Gasteiger charge is 2.27. The predicted molar refractivity (Wildman–Crippen MR) is 148 cm³/mol. The van der Waals surface area contributed by atoms with Gasteiger partial charge in [0.2, 0.25) is 10.0 Å². The first-order valence-electron chi connectivity index (χ1n) is 11.1. The van der Waals surface area contributed by atoms with Crippen LogP contribution >= 0.6 is 22.6 Å². The molecule has 3 aromatic rings. The van der Waals surface area contributed by atoms with Crippen LogP contribution in [0.3, 0.4) is 0 Å². The zero-order valence-corrected chi connectivity index (χ0v) is 23.0. The Kier molecular flexibility index (Phi) is 7.08. The molecule has 0 fully saturated rings. The molecule has 1 amide bonds. The van der Waals surface area contributed by atoms with Crippen molar-refractivity contribution in [2.75, 3.05) is 12.4 Å². The average molecular weight is 602 g/mol. The molecule has 0 atom stereocenters. The summed E-state index contributed by atoms with van der Waals surface area (Å²) in [5.41, 5.74) is 4.31. The van der Waals surface area contributed by atoms with Crippen molar-refractivity contribution in [2.45, 2.75) is 37.7 Å². The van der Waals surface area contributed by atoms with E-state index in [1.165, 1.54) is 19.2 Å². The van der Waals surface area contributed by atoms with E-state index in [1.807, 2.05) is 42.5 Å². The lowest BCUT2D eigenvalue weighted by molar-refractivity contribution is -0.110. The summed E-state index contributed by atoms with van der Waals surface area (Å²) in [5.74, 6) is 0.554. The van der Waals surface area contributed by atoms with Gasteiger partial charge in [-0.25, -0.2) is 13.1 Å². The second kappa shape index (κ2) is 9.75. The van der Waals surface area contributed by atoms with E-state index in [0.29, 0.717) is 23.4 Å². The summed E-state index contributed by atoms with van der Waals surface area (Å²) in [6.45, 7) is 6.82. The van der Waals surface area contributed by atoms with Gasteiger partial charge in [-0.3, -0.25) is 4.79 Å². The Morgan fingerprint density at radius 3 is 2.43 bits per heavy atom. The van der Waals surface area contributed by atoms with Gasteiger partial charge in [0, 0.05) is 22.4 Å². The van der Waals surface area contributed by atoms with E-state index in [0.717, 1.165) is 26.0 Å². The highest BCUT2D eigenvalue weighted by molar-refractivity contribution is 14.1. The fourth-order valence-corrected chi connectivity index (χ4v) is 5.46. The number of nitrogens with one attached hydrogen (secondary N) is 2. The van der Waals surface area contributed by atoms with Crippen LogP contribution in [0, 0.1) is 3.57 Å². The van der Waals surface area contributed by atoms with Gasteiger partial charge in [-0.2, -0.15) is 0 Å². The van der Waals surface area contributed by atoms with E-state index in [1.54, 1.807) is 12.1 Å². The summed E-state index contributed by atoms with van der Waals surface area (Å²) in [5, 5.41) is 2.82. The highest BCUT2D eigenvalue weighted by atomic mass is 127. The average Bonchev–Trinajstić information content (AvgIpc) is 3.12. The van der Waals surface area contributed by atoms with Crippen LogP contribution in [-0.4, -0.2) is 21.4 Å². The molecular formula is C27H27IN2O4S. The van der Waals surface area contributed by atoms with Crippen molar-refractivity contribution in [3.05, 3.63) is 86.5 Å². The smallest absolute Gasteiger partial charge is 0.256 e. The summed E-state index contributed by atoms with van der Waals surface area (Å²) < 4.78 is 34.1. The van der Waals surface area contributed by atoms with Crippen LogP contribution in [0.25, 0.3) is 11.6 Å². The lowest BCUT2D eigenvalue weighted by Gasteiger charge is -2.25. The SMILES string of the molecule is CNS(=O)(=O)c1ccc2c(c1)C(=Cc1cc(I)c(OCc3ccccc3)c(C(C)(C)C)c1)C(=O)N2. The number of hydrogen-bond donors (Lipinski definition) is 2. The minimum atomic E-state index is -3.64. The summed E-state index contributed by atoms with van der Waals surface area (Å²) >= 11 is 2.26. The van der Waals surface area contributed by atoms with Gasteiger partial charge in [-0.05, 0) is 82.6 Å². The van der Waals surface area contributed by atoms with Crippen molar-refractivity contribution in [3.8, 4) is 5.75 Å². The van der Waals surface area contributed by atoms with Crippen LogP contribution in [-0.2, 0) is 26.8 Å². The van der Waals surface area contributed by atoms with E-state index in [9.17, 15) is 13.2 Å². The fraction of sp³-hybridized carbons (Fsp3) is 0.222. The molecule has 2 N–H and O–H groups in total. The molecule has 1 heterocycles. The van der Waals surface area contributed by atoms with Gasteiger partial charge in [-0.1, -0.05) is 51.1 Å². The number of amides is 1. The fourth-order valence-electron chi connectivity index (χ4n) is 3.89. The first-order chi connectivity index (χ1) is 16.5. The molecule has 4 rings (SSSR count). The largest absolute Gasteiger partial charge is 0.487 e. The third kappa shape index (κ3) is 5.44. The van der Waals surface area contributed by atoms with Crippen LogP contribution in [0.4, 0.5) is 5.69 Å². The van der Waals surface area contributed by atoms with Gasteiger partial charge in [-0.15, -0.1) is 0 Å². The number of anilines is 1. The molecule has 0 saturated heterocycles. The second-order valence-electron chi connectivity index (χ2n) is 9.33. The number of sulfonamides is 1. The quantitative estimate of drug-likeness (QED) is 0.286. The molecule has 35 heavy (non-hydrogen) atoms. The number of carbonyl (C=O) groups excluding carboxylic acids is 1. The molecule has 182 valence electrons. The van der Waals surface area contributed by atoms with Gasteiger partial charge >= 0.3 is 0 Å². The van der Waals surface area contributed by atoms with Gasteiger partial charge in [0.15, 0.2) is 0 Å². The maximum atomic E-state index is 12.8. The Balaban J connectivity index is 1.76.